The highest BCUT2D eigenvalue weighted by Gasteiger charge is 2.35. The van der Waals surface area contributed by atoms with Gasteiger partial charge in [-0.2, -0.15) is 8.78 Å². The van der Waals surface area contributed by atoms with E-state index in [1.165, 1.54) is 50.7 Å². The highest BCUT2D eigenvalue weighted by atomic mass is 19.3. The molecular formula is C24H29F3O. The maximum absolute atomic E-state index is 14.7. The second kappa shape index (κ2) is 8.34. The standard InChI is InChI=1S/C24H29F3O/c1-2-3-15-4-5-17-11-18(7-6-16(17)10-15)20-12-19-8-9-21(28-24(26)27)14-22(19)23(25)13-20/h8-9,12-18,24H,2-7,10-11H2,1H3/t15-,16?,17-,18?/m1/s1. The number of alkyl halides is 2. The number of halogens is 3. The van der Waals surface area contributed by atoms with Crippen molar-refractivity contribution in [2.24, 2.45) is 17.8 Å². The van der Waals surface area contributed by atoms with Gasteiger partial charge in [-0.15, -0.1) is 0 Å². The van der Waals surface area contributed by atoms with Crippen LogP contribution in [0.25, 0.3) is 10.8 Å². The lowest BCUT2D eigenvalue weighted by Crippen LogP contribution is -2.30. The molecule has 1 nitrogen and oxygen atoms in total. The minimum atomic E-state index is -2.90. The zero-order chi connectivity index (χ0) is 19.7. The summed E-state index contributed by atoms with van der Waals surface area (Å²) in [7, 11) is 0. The minimum Gasteiger partial charge on any atom is -0.435 e. The second-order valence-electron chi connectivity index (χ2n) is 8.76. The SMILES string of the molecule is CCC[C@@H]1CC[C@@H]2CC(c3cc(F)c4cc(OC(F)F)ccc4c3)CCC2C1. The van der Waals surface area contributed by atoms with Gasteiger partial charge in [-0.25, -0.2) is 4.39 Å². The molecule has 2 aromatic rings. The van der Waals surface area contributed by atoms with E-state index in [1.54, 1.807) is 12.1 Å². The van der Waals surface area contributed by atoms with Gasteiger partial charge >= 0.3 is 6.61 Å². The van der Waals surface area contributed by atoms with Crippen molar-refractivity contribution in [2.45, 2.75) is 70.8 Å². The molecule has 0 N–H and O–H groups in total. The zero-order valence-corrected chi connectivity index (χ0v) is 16.5. The Hall–Kier alpha value is -1.71. The van der Waals surface area contributed by atoms with Gasteiger partial charge in [0.15, 0.2) is 0 Å². The van der Waals surface area contributed by atoms with E-state index in [9.17, 15) is 13.2 Å². The number of benzene rings is 2. The van der Waals surface area contributed by atoms with Gasteiger partial charge in [0.25, 0.3) is 0 Å². The van der Waals surface area contributed by atoms with Gasteiger partial charge in [0, 0.05) is 5.39 Å². The Bertz CT molecular complexity index is 819. The first-order valence-electron chi connectivity index (χ1n) is 10.7. The first kappa shape index (κ1) is 19.6. The molecule has 0 bridgehead atoms. The first-order valence-corrected chi connectivity index (χ1v) is 10.7. The summed E-state index contributed by atoms with van der Waals surface area (Å²) in [5.74, 6) is 2.58. The second-order valence-corrected chi connectivity index (χ2v) is 8.76. The van der Waals surface area contributed by atoms with E-state index in [-0.39, 0.29) is 11.6 Å². The predicted octanol–water partition coefficient (Wildman–Crippen LogP) is 7.68. The predicted molar refractivity (Wildman–Crippen MR) is 106 cm³/mol. The van der Waals surface area contributed by atoms with Crippen molar-refractivity contribution in [1.29, 1.82) is 0 Å². The Balaban J connectivity index is 1.50. The molecule has 0 amide bonds. The summed E-state index contributed by atoms with van der Waals surface area (Å²) in [6, 6.07) is 8.19. The quantitative estimate of drug-likeness (QED) is 0.509. The Morgan fingerprint density at radius 2 is 1.79 bits per heavy atom. The van der Waals surface area contributed by atoms with Crippen molar-refractivity contribution in [2.75, 3.05) is 0 Å². The van der Waals surface area contributed by atoms with Crippen LogP contribution in [0.5, 0.6) is 5.75 Å². The molecule has 2 fully saturated rings. The van der Waals surface area contributed by atoms with Crippen molar-refractivity contribution in [3.8, 4) is 5.75 Å². The smallest absolute Gasteiger partial charge is 0.387 e. The third kappa shape index (κ3) is 4.16. The molecule has 2 aromatic carbocycles. The molecule has 0 saturated heterocycles. The molecule has 0 aromatic heterocycles. The van der Waals surface area contributed by atoms with Gasteiger partial charge in [-0.1, -0.05) is 38.3 Å². The van der Waals surface area contributed by atoms with Crippen LogP contribution in [0, 0.1) is 23.6 Å². The van der Waals surface area contributed by atoms with Crippen LogP contribution in [0.2, 0.25) is 0 Å². The highest BCUT2D eigenvalue weighted by molar-refractivity contribution is 5.85. The third-order valence-corrected chi connectivity index (χ3v) is 7.01. The van der Waals surface area contributed by atoms with Crippen LogP contribution in [-0.4, -0.2) is 6.61 Å². The summed E-state index contributed by atoms with van der Waals surface area (Å²) in [5, 5.41) is 1.10. The molecule has 2 aliphatic carbocycles. The van der Waals surface area contributed by atoms with Crippen LogP contribution >= 0.6 is 0 Å². The van der Waals surface area contributed by atoms with Crippen LogP contribution in [0.15, 0.2) is 30.3 Å². The van der Waals surface area contributed by atoms with E-state index in [4.69, 9.17) is 0 Å². The van der Waals surface area contributed by atoms with Gasteiger partial charge < -0.3 is 4.74 Å². The molecule has 0 heterocycles. The molecule has 2 unspecified atom stereocenters. The minimum absolute atomic E-state index is 0.00139. The van der Waals surface area contributed by atoms with Gasteiger partial charge in [0.1, 0.15) is 11.6 Å². The lowest BCUT2D eigenvalue weighted by Gasteiger charge is -2.42. The summed E-state index contributed by atoms with van der Waals surface area (Å²) in [6.45, 7) is -0.623. The van der Waals surface area contributed by atoms with E-state index in [1.807, 2.05) is 6.07 Å². The van der Waals surface area contributed by atoms with Crippen molar-refractivity contribution >= 4 is 10.8 Å². The van der Waals surface area contributed by atoms with E-state index in [0.717, 1.165) is 41.5 Å². The van der Waals surface area contributed by atoms with Gasteiger partial charge in [-0.3, -0.25) is 0 Å². The average Bonchev–Trinajstić information content (AvgIpc) is 2.68. The van der Waals surface area contributed by atoms with Crippen LogP contribution < -0.4 is 4.74 Å². The fraction of sp³-hybridized carbons (Fsp3) is 0.583. The van der Waals surface area contributed by atoms with Crippen molar-refractivity contribution < 1.29 is 17.9 Å². The van der Waals surface area contributed by atoms with E-state index in [0.29, 0.717) is 11.3 Å². The summed E-state index contributed by atoms with van der Waals surface area (Å²) in [6.07, 6.45) is 10.2. The molecule has 152 valence electrons. The number of fused-ring (bicyclic) bond motifs is 2. The third-order valence-electron chi connectivity index (χ3n) is 7.01. The largest absolute Gasteiger partial charge is 0.435 e. The average molecular weight is 390 g/mol. The van der Waals surface area contributed by atoms with Gasteiger partial charge in [0.05, 0.1) is 0 Å². The van der Waals surface area contributed by atoms with Crippen molar-refractivity contribution in [1.82, 2.24) is 0 Å². The summed E-state index contributed by atoms with van der Waals surface area (Å²) in [4.78, 5) is 0. The summed E-state index contributed by atoms with van der Waals surface area (Å²) >= 11 is 0. The number of ether oxygens (including phenoxy) is 1. The lowest BCUT2D eigenvalue weighted by atomic mass is 9.63. The van der Waals surface area contributed by atoms with Crippen molar-refractivity contribution in [3.63, 3.8) is 0 Å². The molecule has 4 heteroatoms. The molecule has 4 atom stereocenters. The Kier molecular flexibility index (Phi) is 5.84. The van der Waals surface area contributed by atoms with Crippen LogP contribution in [0.3, 0.4) is 0 Å². The molecular weight excluding hydrogens is 361 g/mol. The molecule has 0 radical (unpaired) electrons. The first-order chi connectivity index (χ1) is 13.5. The molecule has 2 saturated carbocycles. The van der Waals surface area contributed by atoms with E-state index < -0.39 is 6.61 Å². The molecule has 0 spiro atoms. The summed E-state index contributed by atoms with van der Waals surface area (Å²) in [5.41, 5.74) is 1.06. The van der Waals surface area contributed by atoms with Crippen LogP contribution in [0.1, 0.15) is 69.8 Å². The fourth-order valence-electron chi connectivity index (χ4n) is 5.68. The van der Waals surface area contributed by atoms with E-state index >= 15 is 0 Å². The molecule has 2 aliphatic rings. The maximum Gasteiger partial charge on any atom is 0.387 e. The number of hydrogen-bond donors (Lipinski definition) is 0. The molecule has 4 rings (SSSR count). The maximum atomic E-state index is 14.7. The monoisotopic (exact) mass is 390 g/mol. The summed E-state index contributed by atoms with van der Waals surface area (Å²) < 4.78 is 44.0. The molecule has 0 aliphatic heterocycles. The fourth-order valence-corrected chi connectivity index (χ4v) is 5.68. The number of hydrogen-bond acceptors (Lipinski definition) is 1. The van der Waals surface area contributed by atoms with Gasteiger partial charge in [-0.05, 0) is 84.9 Å². The number of rotatable bonds is 5. The van der Waals surface area contributed by atoms with Crippen molar-refractivity contribution in [3.05, 3.63) is 41.7 Å². The topological polar surface area (TPSA) is 9.23 Å². The molecule has 28 heavy (non-hydrogen) atoms. The van der Waals surface area contributed by atoms with E-state index in [2.05, 4.69) is 11.7 Å². The lowest BCUT2D eigenvalue weighted by molar-refractivity contribution is -0.0497. The Morgan fingerprint density at radius 3 is 2.57 bits per heavy atom. The van der Waals surface area contributed by atoms with Gasteiger partial charge in [0.2, 0.25) is 0 Å². The Labute approximate surface area is 165 Å². The van der Waals surface area contributed by atoms with Crippen LogP contribution in [0.4, 0.5) is 13.2 Å². The normalized spacial score (nSPS) is 27.8. The van der Waals surface area contributed by atoms with Crippen LogP contribution in [-0.2, 0) is 0 Å². The Morgan fingerprint density at radius 1 is 1.00 bits per heavy atom. The highest BCUT2D eigenvalue weighted by Crippen LogP contribution is 2.48. The zero-order valence-electron chi connectivity index (χ0n) is 16.5.